The number of benzene rings is 3. The fourth-order valence-corrected chi connectivity index (χ4v) is 3.46. The molecule has 0 bridgehead atoms. The predicted molar refractivity (Wildman–Crippen MR) is 129 cm³/mol. The van der Waals surface area contributed by atoms with Gasteiger partial charge in [0.25, 0.3) is 11.8 Å². The molecule has 3 aromatic carbocycles. The SMILES string of the molecule is C/C(=N\NC(=O)C(O)(c1ccccc1)c1ccccc1)c1ccc(NC(=O)c2ccco2)cc1. The number of anilines is 1. The zero-order valence-corrected chi connectivity index (χ0v) is 18.4. The molecule has 4 aromatic rings. The summed E-state index contributed by atoms with van der Waals surface area (Å²) in [7, 11) is 0. The summed E-state index contributed by atoms with van der Waals surface area (Å²) < 4.78 is 5.08. The summed E-state index contributed by atoms with van der Waals surface area (Å²) in [6.07, 6.45) is 1.43. The number of hydrazone groups is 1. The van der Waals surface area contributed by atoms with Crippen molar-refractivity contribution in [1.29, 1.82) is 0 Å². The summed E-state index contributed by atoms with van der Waals surface area (Å²) in [6.45, 7) is 1.74. The summed E-state index contributed by atoms with van der Waals surface area (Å²) >= 11 is 0. The lowest BCUT2D eigenvalue weighted by molar-refractivity contribution is -0.136. The van der Waals surface area contributed by atoms with Crippen LogP contribution < -0.4 is 10.7 Å². The molecule has 1 heterocycles. The van der Waals surface area contributed by atoms with Gasteiger partial charge in [-0.25, -0.2) is 5.43 Å². The highest BCUT2D eigenvalue weighted by molar-refractivity contribution is 6.03. The fraction of sp³-hybridized carbons (Fsp3) is 0.0741. The molecule has 2 amide bonds. The average Bonchev–Trinajstić information content (AvgIpc) is 3.43. The van der Waals surface area contributed by atoms with Crippen molar-refractivity contribution in [3.05, 3.63) is 126 Å². The molecule has 0 aliphatic heterocycles. The van der Waals surface area contributed by atoms with E-state index in [2.05, 4.69) is 15.8 Å². The topological polar surface area (TPSA) is 104 Å². The van der Waals surface area contributed by atoms with E-state index in [-0.39, 0.29) is 11.7 Å². The maximum atomic E-state index is 13.2. The molecule has 0 atom stereocenters. The number of furan rings is 1. The first kappa shape index (κ1) is 22.7. The molecule has 0 spiro atoms. The van der Waals surface area contributed by atoms with Gasteiger partial charge in [-0.1, -0.05) is 72.8 Å². The number of hydrogen-bond donors (Lipinski definition) is 3. The Kier molecular flexibility index (Phi) is 6.66. The maximum Gasteiger partial charge on any atom is 0.291 e. The van der Waals surface area contributed by atoms with Crippen LogP contribution in [0.4, 0.5) is 5.69 Å². The average molecular weight is 453 g/mol. The Morgan fingerprint density at radius 1 is 0.824 bits per heavy atom. The van der Waals surface area contributed by atoms with Gasteiger partial charge in [0.05, 0.1) is 12.0 Å². The predicted octanol–water partition coefficient (Wildman–Crippen LogP) is 4.31. The molecule has 0 aliphatic carbocycles. The van der Waals surface area contributed by atoms with Gasteiger partial charge in [-0.15, -0.1) is 0 Å². The monoisotopic (exact) mass is 453 g/mol. The highest BCUT2D eigenvalue weighted by Gasteiger charge is 2.39. The zero-order chi connectivity index (χ0) is 24.0. The first-order chi connectivity index (χ1) is 16.5. The van der Waals surface area contributed by atoms with Crippen LogP contribution >= 0.6 is 0 Å². The van der Waals surface area contributed by atoms with Crippen molar-refractivity contribution in [2.45, 2.75) is 12.5 Å². The number of carbonyl (C=O) groups is 2. The lowest BCUT2D eigenvalue weighted by Gasteiger charge is -2.27. The molecule has 7 heteroatoms. The van der Waals surface area contributed by atoms with Crippen LogP contribution in [0.5, 0.6) is 0 Å². The quantitative estimate of drug-likeness (QED) is 0.287. The summed E-state index contributed by atoms with van der Waals surface area (Å²) in [6, 6.07) is 27.7. The molecule has 0 aliphatic rings. The lowest BCUT2D eigenvalue weighted by Crippen LogP contribution is -2.43. The number of carbonyl (C=O) groups excluding carboxylic acids is 2. The Hall–Kier alpha value is -4.49. The van der Waals surface area contributed by atoms with Crippen LogP contribution in [0.15, 0.2) is 113 Å². The minimum atomic E-state index is -1.91. The Morgan fingerprint density at radius 2 is 1.41 bits per heavy atom. The highest BCUT2D eigenvalue weighted by atomic mass is 16.3. The van der Waals surface area contributed by atoms with E-state index in [4.69, 9.17) is 4.42 Å². The second-order valence-corrected chi connectivity index (χ2v) is 7.59. The maximum absolute atomic E-state index is 13.2. The van der Waals surface area contributed by atoms with E-state index in [1.807, 2.05) is 12.1 Å². The van der Waals surface area contributed by atoms with Gasteiger partial charge in [0.15, 0.2) is 11.4 Å². The van der Waals surface area contributed by atoms with Gasteiger partial charge in [0, 0.05) is 5.69 Å². The van der Waals surface area contributed by atoms with Crippen LogP contribution in [0.3, 0.4) is 0 Å². The van der Waals surface area contributed by atoms with E-state index in [9.17, 15) is 14.7 Å². The van der Waals surface area contributed by atoms with E-state index >= 15 is 0 Å². The second kappa shape index (κ2) is 9.97. The first-order valence-corrected chi connectivity index (χ1v) is 10.6. The van der Waals surface area contributed by atoms with Crippen molar-refractivity contribution in [2.24, 2.45) is 5.10 Å². The third-order valence-electron chi connectivity index (χ3n) is 5.34. The van der Waals surface area contributed by atoms with Crippen molar-refractivity contribution in [1.82, 2.24) is 5.43 Å². The molecule has 3 N–H and O–H groups in total. The van der Waals surface area contributed by atoms with Crippen molar-refractivity contribution in [3.8, 4) is 0 Å². The minimum Gasteiger partial charge on any atom is -0.459 e. The largest absolute Gasteiger partial charge is 0.459 e. The molecule has 4 rings (SSSR count). The van der Waals surface area contributed by atoms with Crippen molar-refractivity contribution >= 4 is 23.2 Å². The van der Waals surface area contributed by atoms with E-state index < -0.39 is 11.5 Å². The summed E-state index contributed by atoms with van der Waals surface area (Å²) in [4.78, 5) is 25.3. The smallest absolute Gasteiger partial charge is 0.291 e. The van der Waals surface area contributed by atoms with Crippen molar-refractivity contribution in [3.63, 3.8) is 0 Å². The second-order valence-electron chi connectivity index (χ2n) is 7.59. The number of hydrogen-bond acceptors (Lipinski definition) is 5. The molecule has 0 saturated carbocycles. The number of amides is 2. The van der Waals surface area contributed by atoms with Crippen LogP contribution in [-0.2, 0) is 10.4 Å². The number of rotatable bonds is 7. The summed E-state index contributed by atoms with van der Waals surface area (Å²) in [5.74, 6) is -0.808. The molecule has 0 unspecified atom stereocenters. The van der Waals surface area contributed by atoms with Gasteiger partial charge in [-0.3, -0.25) is 9.59 Å². The molecule has 0 fully saturated rings. The van der Waals surface area contributed by atoms with Gasteiger partial charge in [-0.2, -0.15) is 5.10 Å². The summed E-state index contributed by atoms with van der Waals surface area (Å²) in [5.41, 5.74) is 3.31. The van der Waals surface area contributed by atoms with Gasteiger partial charge in [0.1, 0.15) is 0 Å². The molecule has 170 valence electrons. The third-order valence-corrected chi connectivity index (χ3v) is 5.34. The van der Waals surface area contributed by atoms with E-state index in [0.717, 1.165) is 5.56 Å². The molecule has 0 saturated heterocycles. The number of aliphatic hydroxyl groups is 1. The van der Waals surface area contributed by atoms with E-state index in [0.29, 0.717) is 22.5 Å². The molecule has 7 nitrogen and oxygen atoms in total. The van der Waals surface area contributed by atoms with Crippen molar-refractivity contribution in [2.75, 3.05) is 5.32 Å². The van der Waals surface area contributed by atoms with Crippen LogP contribution in [0, 0.1) is 0 Å². The van der Waals surface area contributed by atoms with Gasteiger partial charge < -0.3 is 14.8 Å². The molecule has 1 aromatic heterocycles. The van der Waals surface area contributed by atoms with Crippen LogP contribution in [-0.4, -0.2) is 22.6 Å². The van der Waals surface area contributed by atoms with Crippen LogP contribution in [0.2, 0.25) is 0 Å². The van der Waals surface area contributed by atoms with E-state index in [1.54, 1.807) is 91.9 Å². The Bertz CT molecular complexity index is 1240. The molecule has 34 heavy (non-hydrogen) atoms. The van der Waals surface area contributed by atoms with Crippen LogP contribution in [0.1, 0.15) is 34.2 Å². The Labute approximate surface area is 196 Å². The lowest BCUT2D eigenvalue weighted by atomic mass is 9.85. The first-order valence-electron chi connectivity index (χ1n) is 10.6. The Morgan fingerprint density at radius 3 is 1.94 bits per heavy atom. The summed E-state index contributed by atoms with van der Waals surface area (Å²) in [5, 5.41) is 18.4. The van der Waals surface area contributed by atoms with Gasteiger partial charge in [0.2, 0.25) is 0 Å². The normalized spacial score (nSPS) is 11.6. The van der Waals surface area contributed by atoms with Crippen LogP contribution in [0.25, 0.3) is 0 Å². The highest BCUT2D eigenvalue weighted by Crippen LogP contribution is 2.29. The fourth-order valence-electron chi connectivity index (χ4n) is 3.46. The number of nitrogens with one attached hydrogen (secondary N) is 2. The van der Waals surface area contributed by atoms with Crippen molar-refractivity contribution < 1.29 is 19.1 Å². The standard InChI is InChI=1S/C27H23N3O4/c1-19(20-14-16-23(17-15-20)28-25(31)24-13-8-18-34-24)29-30-26(32)27(33,21-9-4-2-5-10-21)22-11-6-3-7-12-22/h2-18,33H,1H3,(H,28,31)(H,30,32)/b29-19+. The molecule has 0 radical (unpaired) electrons. The third kappa shape index (κ3) is 4.79. The van der Waals surface area contributed by atoms with Gasteiger partial charge >= 0.3 is 0 Å². The minimum absolute atomic E-state index is 0.217. The van der Waals surface area contributed by atoms with Gasteiger partial charge in [-0.05, 0) is 47.9 Å². The molecular weight excluding hydrogens is 430 g/mol. The number of nitrogens with zero attached hydrogens (tertiary/aromatic N) is 1. The Balaban J connectivity index is 1.50. The zero-order valence-electron chi connectivity index (χ0n) is 18.4. The molecular formula is C27H23N3O4. The van der Waals surface area contributed by atoms with E-state index in [1.165, 1.54) is 6.26 Å².